The number of halogens is 1. The van der Waals surface area contributed by atoms with Crippen molar-refractivity contribution in [2.45, 2.75) is 6.42 Å². The second kappa shape index (κ2) is 8.09. The number of benzene rings is 2. The van der Waals surface area contributed by atoms with Gasteiger partial charge in [-0.15, -0.1) is 0 Å². The predicted molar refractivity (Wildman–Crippen MR) is 103 cm³/mol. The molecule has 27 heavy (non-hydrogen) atoms. The van der Waals surface area contributed by atoms with Crippen LogP contribution in [0, 0.1) is 16.0 Å². The molecule has 0 spiro atoms. The molecule has 3 rings (SSSR count). The Morgan fingerprint density at radius 3 is 2.74 bits per heavy atom. The monoisotopic (exact) mass is 430 g/mol. The van der Waals surface area contributed by atoms with Crippen LogP contribution in [0.5, 0.6) is 0 Å². The Morgan fingerprint density at radius 2 is 2.04 bits per heavy atom. The molecule has 8 nitrogen and oxygen atoms in total. The van der Waals surface area contributed by atoms with Gasteiger partial charge < -0.3 is 4.90 Å². The number of nitro benzene ring substituents is 1. The van der Waals surface area contributed by atoms with E-state index in [1.54, 1.807) is 11.0 Å². The van der Waals surface area contributed by atoms with Gasteiger partial charge in [-0.05, 0) is 24.3 Å². The van der Waals surface area contributed by atoms with Crippen molar-refractivity contribution in [2.24, 2.45) is 11.0 Å². The highest BCUT2D eigenvalue weighted by atomic mass is 79.9. The molecular formula is C18H15BrN4O4. The molecular weight excluding hydrogens is 416 g/mol. The minimum Gasteiger partial charge on any atom is -0.312 e. The lowest BCUT2D eigenvalue weighted by Gasteiger charge is -2.16. The summed E-state index contributed by atoms with van der Waals surface area (Å²) >= 11 is 3.34. The fourth-order valence-electron chi connectivity index (χ4n) is 2.73. The van der Waals surface area contributed by atoms with Gasteiger partial charge in [-0.3, -0.25) is 19.7 Å². The molecule has 0 bridgehead atoms. The molecule has 0 aliphatic carbocycles. The van der Waals surface area contributed by atoms with E-state index in [9.17, 15) is 19.7 Å². The SMILES string of the molecule is O=C(NN=Cc1cccc([N+](=O)[O-])c1)[C@H]1CC(=O)N(c2ccc(Br)cc2)C1. The van der Waals surface area contributed by atoms with Crippen molar-refractivity contribution in [2.75, 3.05) is 11.4 Å². The predicted octanol–water partition coefficient (Wildman–Crippen LogP) is 2.86. The van der Waals surface area contributed by atoms with E-state index in [0.29, 0.717) is 5.56 Å². The van der Waals surface area contributed by atoms with E-state index < -0.39 is 10.8 Å². The lowest BCUT2D eigenvalue weighted by molar-refractivity contribution is -0.384. The highest BCUT2D eigenvalue weighted by molar-refractivity contribution is 9.10. The molecule has 9 heteroatoms. The lowest BCUT2D eigenvalue weighted by Crippen LogP contribution is -2.30. The molecule has 0 radical (unpaired) electrons. The standard InChI is InChI=1S/C18H15BrN4O4/c19-14-4-6-15(7-5-14)22-11-13(9-17(22)24)18(25)21-20-10-12-2-1-3-16(8-12)23(26)27/h1-8,10,13H,9,11H2,(H,21,25)/t13-/m0/s1. The zero-order valence-corrected chi connectivity index (χ0v) is 15.6. The molecule has 0 saturated carbocycles. The molecule has 2 aromatic carbocycles. The van der Waals surface area contributed by atoms with Gasteiger partial charge in [0.05, 0.1) is 17.1 Å². The quantitative estimate of drug-likeness (QED) is 0.447. The molecule has 1 fully saturated rings. The number of hydrazone groups is 1. The largest absolute Gasteiger partial charge is 0.312 e. The maximum atomic E-state index is 12.3. The normalized spacial score (nSPS) is 16.7. The van der Waals surface area contributed by atoms with Crippen LogP contribution < -0.4 is 10.3 Å². The third kappa shape index (κ3) is 4.56. The first-order chi connectivity index (χ1) is 12.9. The van der Waals surface area contributed by atoms with Crippen molar-refractivity contribution in [3.8, 4) is 0 Å². The van der Waals surface area contributed by atoms with E-state index >= 15 is 0 Å². The maximum Gasteiger partial charge on any atom is 0.270 e. The van der Waals surface area contributed by atoms with Gasteiger partial charge in [0.2, 0.25) is 11.8 Å². The summed E-state index contributed by atoms with van der Waals surface area (Å²) in [5, 5.41) is 14.6. The number of carbonyl (C=O) groups excluding carboxylic acids is 2. The van der Waals surface area contributed by atoms with Crippen molar-refractivity contribution in [1.29, 1.82) is 0 Å². The van der Waals surface area contributed by atoms with E-state index in [4.69, 9.17) is 0 Å². The van der Waals surface area contributed by atoms with Crippen LogP contribution in [0.4, 0.5) is 11.4 Å². The summed E-state index contributed by atoms with van der Waals surface area (Å²) in [5.41, 5.74) is 3.56. The molecule has 2 aromatic rings. The van der Waals surface area contributed by atoms with Crippen LogP contribution >= 0.6 is 15.9 Å². The van der Waals surface area contributed by atoms with Gasteiger partial charge in [-0.25, -0.2) is 5.43 Å². The number of hydrogen-bond acceptors (Lipinski definition) is 5. The number of nitrogens with zero attached hydrogens (tertiary/aromatic N) is 3. The third-order valence-corrected chi connectivity index (χ3v) is 4.63. The molecule has 1 aliphatic heterocycles. The number of non-ortho nitro benzene ring substituents is 1. The van der Waals surface area contributed by atoms with Crippen molar-refractivity contribution in [3.63, 3.8) is 0 Å². The van der Waals surface area contributed by atoms with Crippen LogP contribution in [-0.4, -0.2) is 29.5 Å². The number of rotatable bonds is 5. The third-order valence-electron chi connectivity index (χ3n) is 4.10. The van der Waals surface area contributed by atoms with Crippen LogP contribution in [0.25, 0.3) is 0 Å². The molecule has 1 heterocycles. The molecule has 2 amide bonds. The first kappa shape index (κ1) is 18.7. The van der Waals surface area contributed by atoms with Crippen molar-refractivity contribution in [3.05, 3.63) is 68.7 Å². The van der Waals surface area contributed by atoms with E-state index in [0.717, 1.165) is 10.2 Å². The van der Waals surface area contributed by atoms with Crippen molar-refractivity contribution in [1.82, 2.24) is 5.43 Å². The fourth-order valence-corrected chi connectivity index (χ4v) is 3.00. The molecule has 1 saturated heterocycles. The van der Waals surface area contributed by atoms with Gasteiger partial charge in [0.1, 0.15) is 0 Å². The minimum absolute atomic E-state index is 0.0585. The summed E-state index contributed by atoms with van der Waals surface area (Å²) in [6.45, 7) is 0.276. The van der Waals surface area contributed by atoms with E-state index in [-0.39, 0.29) is 30.5 Å². The molecule has 138 valence electrons. The Balaban J connectivity index is 1.60. The van der Waals surface area contributed by atoms with Crippen LogP contribution in [0.3, 0.4) is 0 Å². The summed E-state index contributed by atoms with van der Waals surface area (Å²) < 4.78 is 0.905. The zero-order valence-electron chi connectivity index (χ0n) is 14.0. The van der Waals surface area contributed by atoms with E-state index in [1.165, 1.54) is 24.4 Å². The van der Waals surface area contributed by atoms with Gasteiger partial charge in [0, 0.05) is 40.8 Å². The molecule has 0 unspecified atom stereocenters. The van der Waals surface area contributed by atoms with Gasteiger partial charge >= 0.3 is 0 Å². The molecule has 0 aromatic heterocycles. The fraction of sp³-hybridized carbons (Fsp3) is 0.167. The Morgan fingerprint density at radius 1 is 1.30 bits per heavy atom. The topological polar surface area (TPSA) is 105 Å². The van der Waals surface area contributed by atoms with Crippen LogP contribution in [-0.2, 0) is 9.59 Å². The molecule has 1 atom stereocenters. The Hall–Kier alpha value is -3.07. The van der Waals surface area contributed by atoms with Crippen molar-refractivity contribution < 1.29 is 14.5 Å². The first-order valence-corrected chi connectivity index (χ1v) is 8.86. The number of hydrogen-bond donors (Lipinski definition) is 1. The lowest BCUT2D eigenvalue weighted by atomic mass is 10.1. The summed E-state index contributed by atoms with van der Waals surface area (Å²) in [7, 11) is 0. The average Bonchev–Trinajstić information content (AvgIpc) is 3.04. The smallest absolute Gasteiger partial charge is 0.270 e. The Labute approximate surface area is 163 Å². The highest BCUT2D eigenvalue weighted by Crippen LogP contribution is 2.26. The minimum atomic E-state index is -0.511. The summed E-state index contributed by atoms with van der Waals surface area (Å²) in [6.07, 6.45) is 1.43. The molecule has 1 aliphatic rings. The molecule has 1 N–H and O–H groups in total. The van der Waals surface area contributed by atoms with Crippen LogP contribution in [0.1, 0.15) is 12.0 Å². The second-order valence-electron chi connectivity index (χ2n) is 5.97. The highest BCUT2D eigenvalue weighted by Gasteiger charge is 2.35. The summed E-state index contributed by atoms with van der Waals surface area (Å²) in [5.74, 6) is -1.01. The van der Waals surface area contributed by atoms with E-state index in [2.05, 4.69) is 26.5 Å². The number of anilines is 1. The number of nitrogens with one attached hydrogen (secondary N) is 1. The Bertz CT molecular complexity index is 914. The number of nitro groups is 1. The van der Waals surface area contributed by atoms with Gasteiger partial charge in [-0.2, -0.15) is 5.10 Å². The number of carbonyl (C=O) groups is 2. The summed E-state index contributed by atoms with van der Waals surface area (Å²) in [4.78, 5) is 36.3. The second-order valence-corrected chi connectivity index (χ2v) is 6.88. The summed E-state index contributed by atoms with van der Waals surface area (Å²) in [6, 6.07) is 13.2. The van der Waals surface area contributed by atoms with Crippen LogP contribution in [0.2, 0.25) is 0 Å². The van der Waals surface area contributed by atoms with Crippen molar-refractivity contribution >= 4 is 45.3 Å². The maximum absolute atomic E-state index is 12.3. The Kier molecular flexibility index (Phi) is 5.60. The van der Waals surface area contributed by atoms with Gasteiger partial charge in [-0.1, -0.05) is 28.1 Å². The number of amides is 2. The first-order valence-electron chi connectivity index (χ1n) is 8.07. The van der Waals surface area contributed by atoms with E-state index in [1.807, 2.05) is 24.3 Å². The average molecular weight is 431 g/mol. The zero-order chi connectivity index (χ0) is 19.4. The van der Waals surface area contributed by atoms with Crippen LogP contribution in [0.15, 0.2) is 58.1 Å². The van der Waals surface area contributed by atoms with Gasteiger partial charge in [0.15, 0.2) is 0 Å². The van der Waals surface area contributed by atoms with Gasteiger partial charge in [0.25, 0.3) is 5.69 Å².